The van der Waals surface area contributed by atoms with Gasteiger partial charge in [0.1, 0.15) is 5.76 Å². The molecule has 1 aliphatic heterocycles. The van der Waals surface area contributed by atoms with Crippen LogP contribution in [0.1, 0.15) is 49.6 Å². The summed E-state index contributed by atoms with van der Waals surface area (Å²) in [5.41, 5.74) is 3.40. The highest BCUT2D eigenvalue weighted by Crippen LogP contribution is 2.27. The number of aryl methyl sites for hydroxylation is 2. The molecule has 0 spiro atoms. The number of aromatic nitrogens is 1. The number of piperidine rings is 1. The van der Waals surface area contributed by atoms with Gasteiger partial charge in [0.15, 0.2) is 0 Å². The summed E-state index contributed by atoms with van der Waals surface area (Å²) >= 11 is 0. The van der Waals surface area contributed by atoms with Crippen molar-refractivity contribution in [2.45, 2.75) is 59.0 Å². The molecule has 118 valence electrons. The second-order valence-corrected chi connectivity index (χ2v) is 6.37. The van der Waals surface area contributed by atoms with Gasteiger partial charge in [-0.15, -0.1) is 0 Å². The smallest absolute Gasteiger partial charge is 0.226 e. The number of benzene rings is 1. The summed E-state index contributed by atoms with van der Waals surface area (Å²) < 4.78 is 5.95. The Hall–Kier alpha value is -1.61. The van der Waals surface area contributed by atoms with E-state index in [1.807, 2.05) is 13.0 Å². The molecule has 0 radical (unpaired) electrons. The molecule has 3 nitrogen and oxygen atoms in total. The summed E-state index contributed by atoms with van der Waals surface area (Å²) in [6, 6.07) is 8.98. The predicted octanol–water partition coefficient (Wildman–Crippen LogP) is 4.72. The minimum atomic E-state index is 0.701. The molecule has 0 aliphatic carbocycles. The Morgan fingerprint density at radius 3 is 2.82 bits per heavy atom. The van der Waals surface area contributed by atoms with Gasteiger partial charge in [0, 0.05) is 18.2 Å². The zero-order chi connectivity index (χ0) is 15.5. The van der Waals surface area contributed by atoms with Gasteiger partial charge in [-0.1, -0.05) is 31.5 Å². The quantitative estimate of drug-likeness (QED) is 0.817. The van der Waals surface area contributed by atoms with E-state index in [0.29, 0.717) is 6.04 Å². The van der Waals surface area contributed by atoms with Crippen molar-refractivity contribution in [1.82, 2.24) is 9.88 Å². The molecule has 1 aromatic carbocycles. The Morgan fingerprint density at radius 2 is 2.05 bits per heavy atom. The van der Waals surface area contributed by atoms with Crippen LogP contribution in [0.25, 0.3) is 11.5 Å². The lowest BCUT2D eigenvalue weighted by Gasteiger charge is -2.34. The zero-order valence-electron chi connectivity index (χ0n) is 13.9. The molecule has 0 amide bonds. The topological polar surface area (TPSA) is 29.3 Å². The fourth-order valence-corrected chi connectivity index (χ4v) is 3.43. The van der Waals surface area contributed by atoms with Crippen LogP contribution in [0.5, 0.6) is 0 Å². The lowest BCUT2D eigenvalue weighted by atomic mass is 10.00. The minimum Gasteiger partial charge on any atom is -0.441 e. The normalized spacial score (nSPS) is 19.5. The monoisotopic (exact) mass is 298 g/mol. The van der Waals surface area contributed by atoms with Crippen LogP contribution in [0.15, 0.2) is 28.7 Å². The van der Waals surface area contributed by atoms with E-state index in [2.05, 4.69) is 36.9 Å². The van der Waals surface area contributed by atoms with Crippen LogP contribution in [0, 0.1) is 13.8 Å². The molecule has 1 aromatic heterocycles. The summed E-state index contributed by atoms with van der Waals surface area (Å²) in [4.78, 5) is 7.37. The van der Waals surface area contributed by atoms with Gasteiger partial charge >= 0.3 is 0 Å². The van der Waals surface area contributed by atoms with Crippen molar-refractivity contribution in [1.29, 1.82) is 0 Å². The minimum absolute atomic E-state index is 0.701. The highest BCUT2D eigenvalue weighted by atomic mass is 16.4. The van der Waals surface area contributed by atoms with Crippen LogP contribution in [0.3, 0.4) is 0 Å². The molecule has 0 bridgehead atoms. The lowest BCUT2D eigenvalue weighted by Crippen LogP contribution is -2.38. The lowest BCUT2D eigenvalue weighted by molar-refractivity contribution is 0.134. The molecule has 1 aliphatic rings. The van der Waals surface area contributed by atoms with Crippen molar-refractivity contribution >= 4 is 0 Å². The molecular formula is C19H26N2O. The van der Waals surface area contributed by atoms with Crippen molar-refractivity contribution < 1.29 is 4.42 Å². The van der Waals surface area contributed by atoms with Crippen molar-refractivity contribution in [3.8, 4) is 11.5 Å². The molecule has 22 heavy (non-hydrogen) atoms. The molecule has 0 unspecified atom stereocenters. The van der Waals surface area contributed by atoms with Crippen molar-refractivity contribution in [2.75, 3.05) is 6.54 Å². The summed E-state index contributed by atoms with van der Waals surface area (Å²) in [6.45, 7) is 8.53. The first-order chi connectivity index (χ1) is 10.7. The van der Waals surface area contributed by atoms with Crippen LogP contribution in [0.4, 0.5) is 0 Å². The molecule has 1 saturated heterocycles. The molecule has 0 N–H and O–H groups in total. The third-order valence-electron chi connectivity index (χ3n) is 4.84. The maximum atomic E-state index is 5.95. The van der Waals surface area contributed by atoms with Gasteiger partial charge in [-0.3, -0.25) is 4.90 Å². The SMILES string of the molecule is CC[C@@H]1CCCCN1Cc1nc(-c2ccccc2C)oc1C. The predicted molar refractivity (Wildman–Crippen MR) is 89.8 cm³/mol. The fraction of sp³-hybridized carbons (Fsp3) is 0.526. The van der Waals surface area contributed by atoms with Crippen molar-refractivity contribution in [3.05, 3.63) is 41.3 Å². The first kappa shape index (κ1) is 15.3. The number of likely N-dealkylation sites (tertiary alicyclic amines) is 1. The zero-order valence-corrected chi connectivity index (χ0v) is 13.9. The number of oxazole rings is 1. The van der Waals surface area contributed by atoms with E-state index < -0.39 is 0 Å². The third kappa shape index (κ3) is 3.09. The van der Waals surface area contributed by atoms with E-state index in [9.17, 15) is 0 Å². The van der Waals surface area contributed by atoms with E-state index in [1.54, 1.807) is 0 Å². The first-order valence-corrected chi connectivity index (χ1v) is 8.45. The van der Waals surface area contributed by atoms with Gasteiger partial charge in [-0.05, 0) is 51.3 Å². The van der Waals surface area contributed by atoms with Gasteiger partial charge in [0.25, 0.3) is 0 Å². The number of rotatable bonds is 4. The van der Waals surface area contributed by atoms with E-state index in [0.717, 1.165) is 29.5 Å². The molecule has 1 atom stereocenters. The van der Waals surface area contributed by atoms with Crippen LogP contribution in [0.2, 0.25) is 0 Å². The molecule has 1 fully saturated rings. The van der Waals surface area contributed by atoms with Gasteiger partial charge in [-0.25, -0.2) is 4.98 Å². The average Bonchev–Trinajstić information content (AvgIpc) is 2.89. The van der Waals surface area contributed by atoms with E-state index >= 15 is 0 Å². The largest absolute Gasteiger partial charge is 0.441 e. The van der Waals surface area contributed by atoms with E-state index in [-0.39, 0.29) is 0 Å². The Balaban J connectivity index is 1.82. The van der Waals surface area contributed by atoms with Crippen LogP contribution < -0.4 is 0 Å². The van der Waals surface area contributed by atoms with E-state index in [1.165, 1.54) is 37.8 Å². The molecule has 0 saturated carbocycles. The van der Waals surface area contributed by atoms with Gasteiger partial charge in [0.05, 0.1) is 5.69 Å². The first-order valence-electron chi connectivity index (χ1n) is 8.45. The summed E-state index contributed by atoms with van der Waals surface area (Å²) in [5.74, 6) is 1.72. The molecule has 3 rings (SSSR count). The third-order valence-corrected chi connectivity index (χ3v) is 4.84. The van der Waals surface area contributed by atoms with Gasteiger partial charge in [0.2, 0.25) is 5.89 Å². The van der Waals surface area contributed by atoms with Crippen LogP contribution >= 0.6 is 0 Å². The number of nitrogens with zero attached hydrogens (tertiary/aromatic N) is 2. The van der Waals surface area contributed by atoms with Gasteiger partial charge in [-0.2, -0.15) is 0 Å². The Kier molecular flexibility index (Phi) is 4.63. The highest BCUT2D eigenvalue weighted by molar-refractivity contribution is 5.58. The standard InChI is InChI=1S/C19H26N2O/c1-4-16-10-7-8-12-21(16)13-18-15(3)22-19(20-18)17-11-6-5-9-14(17)2/h5-6,9,11,16H,4,7-8,10,12-13H2,1-3H3/t16-/m1/s1. The highest BCUT2D eigenvalue weighted by Gasteiger charge is 2.23. The Morgan fingerprint density at radius 1 is 1.23 bits per heavy atom. The molecule has 3 heteroatoms. The second-order valence-electron chi connectivity index (χ2n) is 6.37. The maximum absolute atomic E-state index is 5.95. The van der Waals surface area contributed by atoms with Crippen LogP contribution in [-0.4, -0.2) is 22.5 Å². The molecule has 2 heterocycles. The Labute approximate surface area is 133 Å². The summed E-state index contributed by atoms with van der Waals surface area (Å²) in [6.07, 6.45) is 5.21. The van der Waals surface area contributed by atoms with E-state index in [4.69, 9.17) is 9.40 Å². The number of hydrogen-bond acceptors (Lipinski definition) is 3. The second kappa shape index (κ2) is 6.66. The fourth-order valence-electron chi connectivity index (χ4n) is 3.43. The maximum Gasteiger partial charge on any atom is 0.226 e. The summed E-state index contributed by atoms with van der Waals surface area (Å²) in [7, 11) is 0. The van der Waals surface area contributed by atoms with Gasteiger partial charge < -0.3 is 4.42 Å². The molecular weight excluding hydrogens is 272 g/mol. The Bertz CT molecular complexity index is 632. The molecule has 2 aromatic rings. The average molecular weight is 298 g/mol. The number of hydrogen-bond donors (Lipinski definition) is 0. The van der Waals surface area contributed by atoms with Crippen molar-refractivity contribution in [2.24, 2.45) is 0 Å². The summed E-state index contributed by atoms with van der Waals surface area (Å²) in [5, 5.41) is 0. The van der Waals surface area contributed by atoms with Crippen molar-refractivity contribution in [3.63, 3.8) is 0 Å². The van der Waals surface area contributed by atoms with Crippen LogP contribution in [-0.2, 0) is 6.54 Å².